The Morgan fingerprint density at radius 2 is 1.95 bits per heavy atom. The number of rotatable bonds is 1. The first-order chi connectivity index (χ1) is 9.08. The molecule has 19 heavy (non-hydrogen) atoms. The third-order valence-corrected chi connectivity index (χ3v) is 3.62. The van der Waals surface area contributed by atoms with Gasteiger partial charge in [0, 0.05) is 5.02 Å². The number of nitrogens with zero attached hydrogens (tertiary/aromatic N) is 2. The molecule has 5 heteroatoms. The summed E-state index contributed by atoms with van der Waals surface area (Å²) in [7, 11) is 0. The fourth-order valence-corrected chi connectivity index (χ4v) is 2.54. The molecule has 1 aromatic heterocycles. The summed E-state index contributed by atoms with van der Waals surface area (Å²) in [4.78, 5) is 4.40. The van der Waals surface area contributed by atoms with Gasteiger partial charge in [-0.15, -0.1) is 0 Å². The third-order valence-electron chi connectivity index (χ3n) is 3.06. The Hall–Kier alpha value is -1.71. The van der Waals surface area contributed by atoms with Gasteiger partial charge in [0.05, 0.1) is 21.7 Å². The van der Waals surface area contributed by atoms with Crippen molar-refractivity contribution in [1.29, 1.82) is 0 Å². The molecule has 0 atom stereocenters. The van der Waals surface area contributed by atoms with Gasteiger partial charge < -0.3 is 5.73 Å². The molecule has 0 aliphatic carbocycles. The summed E-state index contributed by atoms with van der Waals surface area (Å²) in [5.41, 5.74) is 9.62. The fraction of sp³-hybridized carbons (Fsp3) is 0.0714. The van der Waals surface area contributed by atoms with Gasteiger partial charge in [0.25, 0.3) is 0 Å². The first kappa shape index (κ1) is 12.3. The average Bonchev–Trinajstić information content (AvgIpc) is 2.70. The normalized spacial score (nSPS) is 11.1. The number of hydrogen-bond acceptors (Lipinski definition) is 2. The van der Waals surface area contributed by atoms with Crippen LogP contribution in [-0.4, -0.2) is 9.55 Å². The molecule has 2 N–H and O–H groups in total. The monoisotopic (exact) mass is 291 g/mol. The molecule has 0 unspecified atom stereocenters. The molecule has 0 saturated heterocycles. The zero-order valence-electron chi connectivity index (χ0n) is 10.2. The van der Waals surface area contributed by atoms with Crippen LogP contribution in [0.2, 0.25) is 10.0 Å². The standard InChI is InChI=1S/C14H11Cl2N3/c1-8-3-2-4-11-13(8)18-14(17)19(11)12-7-9(15)5-6-10(12)16/h2-7H,1H3,(H2,17,18). The minimum Gasteiger partial charge on any atom is -0.369 e. The third kappa shape index (κ3) is 1.95. The van der Waals surface area contributed by atoms with Crippen molar-refractivity contribution in [2.24, 2.45) is 0 Å². The van der Waals surface area contributed by atoms with Crippen molar-refractivity contribution in [1.82, 2.24) is 9.55 Å². The number of nitrogen functional groups attached to an aromatic ring is 1. The molecule has 96 valence electrons. The maximum absolute atomic E-state index is 6.24. The second kappa shape index (κ2) is 4.44. The van der Waals surface area contributed by atoms with Crippen molar-refractivity contribution in [2.45, 2.75) is 6.92 Å². The molecule has 0 amide bonds. The van der Waals surface area contributed by atoms with E-state index in [0.717, 1.165) is 22.3 Å². The molecule has 3 nitrogen and oxygen atoms in total. The maximum atomic E-state index is 6.24. The van der Waals surface area contributed by atoms with Gasteiger partial charge in [0.15, 0.2) is 0 Å². The largest absolute Gasteiger partial charge is 0.369 e. The number of para-hydroxylation sites is 1. The lowest BCUT2D eigenvalue weighted by atomic mass is 10.2. The second-order valence-electron chi connectivity index (χ2n) is 4.34. The van der Waals surface area contributed by atoms with Crippen LogP contribution >= 0.6 is 23.2 Å². The SMILES string of the molecule is Cc1cccc2c1nc(N)n2-c1cc(Cl)ccc1Cl. The Balaban J connectivity index is 2.39. The quantitative estimate of drug-likeness (QED) is 0.729. The van der Waals surface area contributed by atoms with Crippen molar-refractivity contribution in [3.05, 3.63) is 52.0 Å². The Morgan fingerprint density at radius 3 is 2.74 bits per heavy atom. The number of aryl methyl sites for hydroxylation is 1. The molecule has 0 spiro atoms. The van der Waals surface area contributed by atoms with E-state index in [-0.39, 0.29) is 0 Å². The Bertz CT molecular complexity index is 778. The van der Waals surface area contributed by atoms with E-state index in [2.05, 4.69) is 4.98 Å². The Labute approximate surface area is 120 Å². The number of fused-ring (bicyclic) bond motifs is 1. The van der Waals surface area contributed by atoms with E-state index in [1.165, 1.54) is 0 Å². The van der Waals surface area contributed by atoms with Crippen LogP contribution in [0.5, 0.6) is 0 Å². The maximum Gasteiger partial charge on any atom is 0.205 e. The molecular weight excluding hydrogens is 281 g/mol. The highest BCUT2D eigenvalue weighted by molar-refractivity contribution is 6.34. The predicted octanol–water partition coefficient (Wildman–Crippen LogP) is 4.22. The summed E-state index contributed by atoms with van der Waals surface area (Å²) in [5.74, 6) is 0.397. The van der Waals surface area contributed by atoms with Crippen LogP contribution in [0.3, 0.4) is 0 Å². The molecule has 0 bridgehead atoms. The van der Waals surface area contributed by atoms with E-state index in [9.17, 15) is 0 Å². The van der Waals surface area contributed by atoms with Crippen molar-refractivity contribution in [3.63, 3.8) is 0 Å². The van der Waals surface area contributed by atoms with Crippen LogP contribution in [0.15, 0.2) is 36.4 Å². The van der Waals surface area contributed by atoms with Gasteiger partial charge in [0.2, 0.25) is 5.95 Å². The lowest BCUT2D eigenvalue weighted by molar-refractivity contribution is 1.11. The zero-order chi connectivity index (χ0) is 13.6. The summed E-state index contributed by atoms with van der Waals surface area (Å²) < 4.78 is 1.82. The van der Waals surface area contributed by atoms with E-state index in [1.807, 2.05) is 29.7 Å². The van der Waals surface area contributed by atoms with Gasteiger partial charge in [-0.2, -0.15) is 0 Å². The number of aromatic nitrogens is 2. The highest BCUT2D eigenvalue weighted by Crippen LogP contribution is 2.30. The molecule has 0 fully saturated rings. The molecule has 3 aromatic rings. The van der Waals surface area contributed by atoms with Crippen LogP contribution in [0.4, 0.5) is 5.95 Å². The van der Waals surface area contributed by atoms with Gasteiger partial charge in [-0.25, -0.2) is 4.98 Å². The number of halogens is 2. The summed E-state index contributed by atoms with van der Waals surface area (Å²) >= 11 is 12.3. The summed E-state index contributed by atoms with van der Waals surface area (Å²) in [6, 6.07) is 11.2. The molecule has 2 aromatic carbocycles. The summed E-state index contributed by atoms with van der Waals surface area (Å²) in [6.45, 7) is 2.00. The van der Waals surface area contributed by atoms with Crippen molar-refractivity contribution in [3.8, 4) is 5.69 Å². The molecular formula is C14H11Cl2N3. The van der Waals surface area contributed by atoms with Crippen LogP contribution in [0.25, 0.3) is 16.7 Å². The Kier molecular flexibility index (Phi) is 2.88. The number of nitrogens with two attached hydrogens (primary N) is 1. The summed E-state index contributed by atoms with van der Waals surface area (Å²) in [5, 5.41) is 1.19. The average molecular weight is 292 g/mol. The molecule has 3 rings (SSSR count). The molecule has 0 radical (unpaired) electrons. The van der Waals surface area contributed by atoms with Gasteiger partial charge in [-0.3, -0.25) is 4.57 Å². The van der Waals surface area contributed by atoms with Crippen LogP contribution in [0, 0.1) is 6.92 Å². The second-order valence-corrected chi connectivity index (χ2v) is 5.19. The number of hydrogen-bond donors (Lipinski definition) is 1. The molecule has 0 aliphatic heterocycles. The molecule has 0 saturated carbocycles. The lowest BCUT2D eigenvalue weighted by Crippen LogP contribution is -2.01. The van der Waals surface area contributed by atoms with E-state index in [1.54, 1.807) is 18.2 Å². The van der Waals surface area contributed by atoms with Gasteiger partial charge >= 0.3 is 0 Å². The van der Waals surface area contributed by atoms with Crippen LogP contribution < -0.4 is 5.73 Å². The molecule has 1 heterocycles. The van der Waals surface area contributed by atoms with E-state index < -0.39 is 0 Å². The van der Waals surface area contributed by atoms with Crippen LogP contribution in [-0.2, 0) is 0 Å². The van der Waals surface area contributed by atoms with Gasteiger partial charge in [-0.05, 0) is 36.8 Å². The lowest BCUT2D eigenvalue weighted by Gasteiger charge is -2.09. The minimum absolute atomic E-state index is 0.397. The smallest absolute Gasteiger partial charge is 0.205 e. The minimum atomic E-state index is 0.397. The highest BCUT2D eigenvalue weighted by Gasteiger charge is 2.14. The first-order valence-electron chi connectivity index (χ1n) is 5.77. The first-order valence-corrected chi connectivity index (χ1v) is 6.52. The number of imidazole rings is 1. The number of anilines is 1. The molecule has 0 aliphatic rings. The highest BCUT2D eigenvalue weighted by atomic mass is 35.5. The summed E-state index contributed by atoms with van der Waals surface area (Å²) in [6.07, 6.45) is 0. The van der Waals surface area contributed by atoms with Gasteiger partial charge in [0.1, 0.15) is 0 Å². The van der Waals surface area contributed by atoms with Gasteiger partial charge in [-0.1, -0.05) is 35.3 Å². The zero-order valence-corrected chi connectivity index (χ0v) is 11.7. The predicted molar refractivity (Wildman–Crippen MR) is 80.2 cm³/mol. The van der Waals surface area contributed by atoms with Crippen molar-refractivity contribution >= 4 is 40.2 Å². The van der Waals surface area contributed by atoms with Crippen LogP contribution in [0.1, 0.15) is 5.56 Å². The van der Waals surface area contributed by atoms with E-state index in [4.69, 9.17) is 28.9 Å². The number of benzene rings is 2. The van der Waals surface area contributed by atoms with E-state index >= 15 is 0 Å². The Morgan fingerprint density at radius 1 is 1.16 bits per heavy atom. The van der Waals surface area contributed by atoms with Crippen molar-refractivity contribution < 1.29 is 0 Å². The topological polar surface area (TPSA) is 43.8 Å². The fourth-order valence-electron chi connectivity index (χ4n) is 2.17. The van der Waals surface area contributed by atoms with E-state index in [0.29, 0.717) is 16.0 Å². The van der Waals surface area contributed by atoms with Crippen molar-refractivity contribution in [2.75, 3.05) is 5.73 Å².